The number of hydrogen-bond acceptors (Lipinski definition) is 3. The molecule has 0 spiro atoms. The number of hydrogen-bond donors (Lipinski definition) is 0. The topological polar surface area (TPSA) is 24.8 Å². The monoisotopic (exact) mass is 288 g/mol. The Morgan fingerprint density at radius 3 is 2.57 bits per heavy atom. The van der Waals surface area contributed by atoms with E-state index in [1.165, 1.54) is 50.7 Å². The van der Waals surface area contributed by atoms with E-state index >= 15 is 0 Å². The summed E-state index contributed by atoms with van der Waals surface area (Å²) in [5, 5.41) is 7.46. The highest BCUT2D eigenvalue weighted by Crippen LogP contribution is 2.31. The number of ether oxygens (including phenoxy) is 1. The fourth-order valence-electron chi connectivity index (χ4n) is 3.91. The Bertz CT molecular complexity index is 409. The fraction of sp³-hybridized carbons (Fsp3) is 0.722. The van der Waals surface area contributed by atoms with Gasteiger partial charge >= 0.3 is 0 Å². The largest absolute Gasteiger partial charge is 0.382 e. The van der Waals surface area contributed by atoms with Crippen LogP contribution in [0.2, 0.25) is 0 Å². The molecule has 116 valence electrons. The highest BCUT2D eigenvalue weighted by molar-refractivity contribution is 5.92. The van der Waals surface area contributed by atoms with Gasteiger partial charge in [0, 0.05) is 19.6 Å². The van der Waals surface area contributed by atoms with Crippen LogP contribution in [0.5, 0.6) is 0 Å². The van der Waals surface area contributed by atoms with Gasteiger partial charge in [0.2, 0.25) is 0 Å². The maximum Gasteiger partial charge on any atom is 0.0704 e. The van der Waals surface area contributed by atoms with Gasteiger partial charge in [-0.2, -0.15) is 5.10 Å². The quantitative estimate of drug-likeness (QED) is 0.719. The number of nitrogens with zero attached hydrogens (tertiary/aromatic N) is 2. The second-order valence-corrected chi connectivity index (χ2v) is 6.57. The minimum absolute atomic E-state index is 0.428. The Labute approximate surface area is 128 Å². The maximum atomic E-state index is 5.37. The highest BCUT2D eigenvalue weighted by atomic mass is 16.5. The molecule has 21 heavy (non-hydrogen) atoms. The van der Waals surface area contributed by atoms with Crippen molar-refractivity contribution in [2.45, 2.75) is 51.0 Å². The molecule has 1 aliphatic heterocycles. The van der Waals surface area contributed by atoms with Crippen LogP contribution in [-0.4, -0.2) is 37.0 Å². The molecule has 0 aromatic rings. The van der Waals surface area contributed by atoms with E-state index in [0.29, 0.717) is 17.9 Å². The summed E-state index contributed by atoms with van der Waals surface area (Å²) in [6, 6.07) is 0.475. The third-order valence-corrected chi connectivity index (χ3v) is 5.06. The number of methoxy groups -OCH3 is 1. The molecule has 0 aromatic carbocycles. The average Bonchev–Trinajstić information content (AvgIpc) is 3.18. The van der Waals surface area contributed by atoms with Gasteiger partial charge in [0.15, 0.2) is 0 Å². The first-order valence-corrected chi connectivity index (χ1v) is 8.57. The summed E-state index contributed by atoms with van der Waals surface area (Å²) in [5.74, 6) is 1.11. The van der Waals surface area contributed by atoms with E-state index in [0.717, 1.165) is 13.2 Å². The van der Waals surface area contributed by atoms with Gasteiger partial charge < -0.3 is 4.74 Å². The van der Waals surface area contributed by atoms with Crippen LogP contribution in [0.4, 0.5) is 0 Å². The lowest BCUT2D eigenvalue weighted by atomic mass is 9.81. The Kier molecular flexibility index (Phi) is 5.13. The van der Waals surface area contributed by atoms with Crippen molar-refractivity contribution in [2.24, 2.45) is 16.9 Å². The molecule has 3 heteroatoms. The van der Waals surface area contributed by atoms with Crippen LogP contribution < -0.4 is 0 Å². The van der Waals surface area contributed by atoms with Crippen LogP contribution in [0.15, 0.2) is 29.4 Å². The van der Waals surface area contributed by atoms with E-state index in [2.05, 4.69) is 29.3 Å². The van der Waals surface area contributed by atoms with Crippen LogP contribution >= 0.6 is 0 Å². The molecule has 1 heterocycles. The van der Waals surface area contributed by atoms with Crippen LogP contribution in [0.25, 0.3) is 0 Å². The van der Waals surface area contributed by atoms with Crippen molar-refractivity contribution in [3.05, 3.63) is 24.3 Å². The van der Waals surface area contributed by atoms with E-state index in [1.54, 1.807) is 7.11 Å². The molecule has 1 saturated heterocycles. The first kappa shape index (κ1) is 14.8. The molecule has 2 aliphatic carbocycles. The van der Waals surface area contributed by atoms with Crippen molar-refractivity contribution in [3.8, 4) is 0 Å². The molecule has 2 fully saturated rings. The second-order valence-electron chi connectivity index (χ2n) is 6.57. The van der Waals surface area contributed by atoms with E-state index in [9.17, 15) is 0 Å². The van der Waals surface area contributed by atoms with E-state index in [1.807, 2.05) is 0 Å². The van der Waals surface area contributed by atoms with Gasteiger partial charge in [-0.05, 0) is 31.6 Å². The van der Waals surface area contributed by atoms with Gasteiger partial charge in [0.05, 0.1) is 18.4 Å². The van der Waals surface area contributed by atoms with Gasteiger partial charge in [-0.1, -0.05) is 43.6 Å². The van der Waals surface area contributed by atoms with Gasteiger partial charge in [-0.25, -0.2) is 0 Å². The lowest BCUT2D eigenvalue weighted by molar-refractivity contribution is 0.117. The fourth-order valence-corrected chi connectivity index (χ4v) is 3.91. The summed E-state index contributed by atoms with van der Waals surface area (Å²) in [7, 11) is 1.80. The molecular formula is C18H28N2O. The molecule has 3 aliphatic rings. The molecule has 3 rings (SSSR count). The minimum atomic E-state index is 0.428. The summed E-state index contributed by atoms with van der Waals surface area (Å²) in [6.07, 6.45) is 18.2. The normalized spacial score (nSPS) is 28.0. The Hall–Kier alpha value is -1.09. The van der Waals surface area contributed by atoms with Crippen molar-refractivity contribution in [1.29, 1.82) is 0 Å². The molecule has 0 radical (unpaired) electrons. The third kappa shape index (κ3) is 3.57. The third-order valence-electron chi connectivity index (χ3n) is 5.06. The van der Waals surface area contributed by atoms with Crippen LogP contribution in [0.3, 0.4) is 0 Å². The van der Waals surface area contributed by atoms with Gasteiger partial charge in [0.1, 0.15) is 0 Å². The van der Waals surface area contributed by atoms with Crippen LogP contribution in [-0.2, 0) is 4.74 Å². The molecule has 1 atom stereocenters. The Morgan fingerprint density at radius 1 is 1.10 bits per heavy atom. The molecule has 1 saturated carbocycles. The van der Waals surface area contributed by atoms with Crippen molar-refractivity contribution in [3.63, 3.8) is 0 Å². The SMILES string of the molecule is COC[C@@H]1CCCN1/N=C(\C1C=CC=C1)C1CCCCC1. The average molecular weight is 288 g/mol. The van der Waals surface area contributed by atoms with Crippen molar-refractivity contribution < 1.29 is 4.74 Å². The van der Waals surface area contributed by atoms with Crippen molar-refractivity contribution >= 4 is 5.71 Å². The van der Waals surface area contributed by atoms with Gasteiger partial charge in [-0.15, -0.1) is 0 Å². The van der Waals surface area contributed by atoms with Gasteiger partial charge in [0.25, 0.3) is 0 Å². The van der Waals surface area contributed by atoms with E-state index < -0.39 is 0 Å². The van der Waals surface area contributed by atoms with Crippen molar-refractivity contribution in [2.75, 3.05) is 20.3 Å². The summed E-state index contributed by atoms with van der Waals surface area (Å²) in [4.78, 5) is 0. The van der Waals surface area contributed by atoms with Crippen molar-refractivity contribution in [1.82, 2.24) is 5.01 Å². The molecule has 0 N–H and O–H groups in total. The first-order chi connectivity index (χ1) is 10.4. The molecule has 3 nitrogen and oxygen atoms in total. The standard InChI is InChI=1S/C18H28N2O/c1-21-14-17-12-7-13-20(17)19-18(16-10-5-6-11-16)15-8-3-2-4-9-15/h5-6,10-11,15-17H,2-4,7-9,12-14H2,1H3/b19-18-/t17-/m0/s1. The molecule has 0 bridgehead atoms. The molecule has 0 aromatic heterocycles. The smallest absolute Gasteiger partial charge is 0.0704 e. The lowest BCUT2D eigenvalue weighted by Crippen LogP contribution is -2.33. The number of hydrazone groups is 1. The predicted molar refractivity (Wildman–Crippen MR) is 87.4 cm³/mol. The summed E-state index contributed by atoms with van der Waals surface area (Å²) < 4.78 is 5.37. The Balaban J connectivity index is 1.78. The first-order valence-electron chi connectivity index (χ1n) is 8.57. The molecule has 0 amide bonds. The predicted octanol–water partition coefficient (Wildman–Crippen LogP) is 3.78. The molecule has 0 unspecified atom stereocenters. The Morgan fingerprint density at radius 2 is 1.86 bits per heavy atom. The zero-order chi connectivity index (χ0) is 14.5. The zero-order valence-electron chi connectivity index (χ0n) is 13.2. The van der Waals surface area contributed by atoms with Crippen LogP contribution in [0, 0.1) is 11.8 Å². The molecular weight excluding hydrogens is 260 g/mol. The zero-order valence-corrected chi connectivity index (χ0v) is 13.2. The van der Waals surface area contributed by atoms with E-state index in [-0.39, 0.29) is 0 Å². The highest BCUT2D eigenvalue weighted by Gasteiger charge is 2.28. The number of rotatable bonds is 5. The maximum absolute atomic E-state index is 5.37. The number of allylic oxidation sites excluding steroid dienone is 4. The second kappa shape index (κ2) is 7.26. The summed E-state index contributed by atoms with van der Waals surface area (Å²) in [5.41, 5.74) is 1.41. The van der Waals surface area contributed by atoms with E-state index in [4.69, 9.17) is 9.84 Å². The van der Waals surface area contributed by atoms with Gasteiger partial charge in [-0.3, -0.25) is 5.01 Å². The lowest BCUT2D eigenvalue weighted by Gasteiger charge is -2.29. The summed E-state index contributed by atoms with van der Waals surface area (Å²) >= 11 is 0. The summed E-state index contributed by atoms with van der Waals surface area (Å²) in [6.45, 7) is 1.89. The van der Waals surface area contributed by atoms with Crippen LogP contribution in [0.1, 0.15) is 44.9 Å². The minimum Gasteiger partial charge on any atom is -0.382 e.